The first-order valence-electron chi connectivity index (χ1n) is 18.2. The number of nitrogens with zero attached hydrogens (tertiary/aromatic N) is 4. The minimum absolute atomic E-state index is 0.177. The molecular formula is C46H41N5. The Morgan fingerprint density at radius 3 is 2.35 bits per heavy atom. The summed E-state index contributed by atoms with van der Waals surface area (Å²) in [7, 11) is 0. The number of para-hydroxylation sites is 1. The molecule has 0 radical (unpaired) electrons. The fourth-order valence-corrected chi connectivity index (χ4v) is 8.41. The molecule has 3 aliphatic carbocycles. The highest BCUT2D eigenvalue weighted by Crippen LogP contribution is 2.54. The largest absolute Gasteiger partial charge is 0.383 e. The van der Waals surface area contributed by atoms with Gasteiger partial charge >= 0.3 is 0 Å². The molecule has 5 aliphatic rings. The quantitative estimate of drug-likeness (QED) is 0.131. The van der Waals surface area contributed by atoms with Gasteiger partial charge in [-0.05, 0) is 72.2 Å². The summed E-state index contributed by atoms with van der Waals surface area (Å²) in [4.78, 5) is 15.2. The van der Waals surface area contributed by atoms with E-state index in [9.17, 15) is 0 Å². The van der Waals surface area contributed by atoms with Crippen molar-refractivity contribution < 1.29 is 0 Å². The van der Waals surface area contributed by atoms with Gasteiger partial charge in [-0.1, -0.05) is 134 Å². The van der Waals surface area contributed by atoms with Gasteiger partial charge in [0.1, 0.15) is 5.84 Å². The van der Waals surface area contributed by atoms with Crippen LogP contribution in [0.15, 0.2) is 190 Å². The molecule has 0 amide bonds. The lowest BCUT2D eigenvalue weighted by Gasteiger charge is -2.40. The van der Waals surface area contributed by atoms with Gasteiger partial charge in [0.2, 0.25) is 5.96 Å². The van der Waals surface area contributed by atoms with Gasteiger partial charge in [-0.25, -0.2) is 4.99 Å². The van der Waals surface area contributed by atoms with Gasteiger partial charge in [0.25, 0.3) is 0 Å². The number of hydrogen-bond acceptors (Lipinski definition) is 2. The number of nitrogens with two attached hydrogens (primary N) is 1. The van der Waals surface area contributed by atoms with E-state index in [1.165, 1.54) is 39.5 Å². The number of allylic oxidation sites excluding steroid dienone is 12. The predicted molar refractivity (Wildman–Crippen MR) is 211 cm³/mol. The first kappa shape index (κ1) is 31.1. The smallest absolute Gasteiger partial charge is 0.232 e. The number of benzene rings is 4. The Kier molecular flexibility index (Phi) is 8.17. The molecule has 9 rings (SSSR count). The Morgan fingerprint density at radius 1 is 0.765 bits per heavy atom. The summed E-state index contributed by atoms with van der Waals surface area (Å²) in [6, 6.07) is 38.1. The minimum Gasteiger partial charge on any atom is -0.383 e. The van der Waals surface area contributed by atoms with E-state index >= 15 is 0 Å². The normalized spacial score (nSPS) is 22.2. The van der Waals surface area contributed by atoms with Crippen molar-refractivity contribution in [2.45, 2.75) is 44.1 Å². The Hall–Kier alpha value is -5.94. The lowest BCUT2D eigenvalue weighted by molar-refractivity contribution is 0.710. The van der Waals surface area contributed by atoms with Gasteiger partial charge in [0.15, 0.2) is 0 Å². The van der Waals surface area contributed by atoms with Crippen LogP contribution in [0.2, 0.25) is 0 Å². The molecule has 0 saturated heterocycles. The van der Waals surface area contributed by atoms with E-state index in [-0.39, 0.29) is 17.8 Å². The van der Waals surface area contributed by atoms with Crippen LogP contribution in [0.25, 0.3) is 0 Å². The molecule has 0 spiro atoms. The lowest BCUT2D eigenvalue weighted by Crippen LogP contribution is -2.32. The van der Waals surface area contributed by atoms with E-state index in [4.69, 9.17) is 15.7 Å². The van der Waals surface area contributed by atoms with E-state index in [2.05, 4.69) is 131 Å². The number of rotatable bonds is 5. The summed E-state index contributed by atoms with van der Waals surface area (Å²) in [5, 5.41) is 0. The molecule has 3 atom stereocenters. The second-order valence-electron chi connectivity index (χ2n) is 13.7. The van der Waals surface area contributed by atoms with E-state index in [0.717, 1.165) is 42.5 Å². The van der Waals surface area contributed by atoms with Crippen molar-refractivity contribution in [1.82, 2.24) is 0 Å². The van der Waals surface area contributed by atoms with Crippen LogP contribution >= 0.6 is 0 Å². The van der Waals surface area contributed by atoms with Crippen LogP contribution in [0, 0.1) is 5.92 Å². The molecule has 0 saturated carbocycles. The second-order valence-corrected chi connectivity index (χ2v) is 13.7. The van der Waals surface area contributed by atoms with Crippen LogP contribution in [0.5, 0.6) is 0 Å². The van der Waals surface area contributed by atoms with E-state index in [1.54, 1.807) is 0 Å². The van der Waals surface area contributed by atoms with Crippen molar-refractivity contribution in [1.29, 1.82) is 0 Å². The van der Waals surface area contributed by atoms with Gasteiger partial charge in [-0.15, -0.1) is 0 Å². The van der Waals surface area contributed by atoms with Crippen molar-refractivity contribution in [3.05, 3.63) is 203 Å². The van der Waals surface area contributed by atoms with Crippen LogP contribution in [-0.4, -0.2) is 11.8 Å². The number of fused-ring (bicyclic) bond motifs is 5. The zero-order chi connectivity index (χ0) is 34.1. The third-order valence-corrected chi connectivity index (χ3v) is 10.7. The zero-order valence-corrected chi connectivity index (χ0v) is 28.6. The fraction of sp³-hybridized carbons (Fsp3) is 0.174. The van der Waals surface area contributed by atoms with Crippen molar-refractivity contribution in [3.63, 3.8) is 0 Å². The van der Waals surface area contributed by atoms with E-state index in [1.807, 2.05) is 36.4 Å². The third kappa shape index (κ3) is 5.69. The van der Waals surface area contributed by atoms with Gasteiger partial charge in [-0.3, -0.25) is 4.90 Å². The maximum atomic E-state index is 6.74. The van der Waals surface area contributed by atoms with E-state index < -0.39 is 0 Å². The van der Waals surface area contributed by atoms with Crippen molar-refractivity contribution >= 4 is 23.2 Å². The summed E-state index contributed by atoms with van der Waals surface area (Å²) in [6.45, 7) is 0.501. The zero-order valence-electron chi connectivity index (χ0n) is 28.6. The molecular weight excluding hydrogens is 623 g/mol. The number of amidine groups is 1. The first-order chi connectivity index (χ1) is 25.2. The number of aliphatic imine (C=N–C) groups is 2. The molecule has 2 bridgehead atoms. The summed E-state index contributed by atoms with van der Waals surface area (Å²) in [5.74, 6) is 1.70. The van der Waals surface area contributed by atoms with Crippen molar-refractivity contribution in [3.8, 4) is 0 Å². The highest BCUT2D eigenvalue weighted by molar-refractivity contribution is 6.12. The molecule has 2 N–H and O–H groups in total. The minimum atomic E-state index is 0.177. The van der Waals surface area contributed by atoms with Crippen molar-refractivity contribution in [2.75, 3.05) is 9.80 Å². The lowest BCUT2D eigenvalue weighted by atomic mass is 9.80. The molecule has 4 aromatic rings. The maximum absolute atomic E-state index is 6.74. The summed E-state index contributed by atoms with van der Waals surface area (Å²) in [6.07, 6.45) is 22.7. The van der Waals surface area contributed by atoms with Gasteiger partial charge < -0.3 is 10.6 Å². The Morgan fingerprint density at radius 2 is 1.53 bits per heavy atom. The Balaban J connectivity index is 1.19. The topological polar surface area (TPSA) is 57.2 Å². The molecule has 250 valence electrons. The van der Waals surface area contributed by atoms with Crippen LogP contribution in [-0.2, 0) is 6.54 Å². The summed E-state index contributed by atoms with van der Waals surface area (Å²) < 4.78 is 0. The molecule has 3 unspecified atom stereocenters. The van der Waals surface area contributed by atoms with E-state index in [0.29, 0.717) is 18.3 Å². The van der Waals surface area contributed by atoms with Crippen LogP contribution in [0.1, 0.15) is 59.8 Å². The molecule has 51 heavy (non-hydrogen) atoms. The molecule has 4 aromatic carbocycles. The van der Waals surface area contributed by atoms with Crippen molar-refractivity contribution in [2.24, 2.45) is 21.6 Å². The average Bonchev–Trinajstić information content (AvgIpc) is 3.42. The fourth-order valence-electron chi connectivity index (χ4n) is 8.41. The van der Waals surface area contributed by atoms with Crippen LogP contribution in [0.3, 0.4) is 0 Å². The molecule has 5 heteroatoms. The number of hydrogen-bond donors (Lipinski definition) is 1. The highest BCUT2D eigenvalue weighted by atomic mass is 15.3. The monoisotopic (exact) mass is 663 g/mol. The molecule has 0 fully saturated rings. The van der Waals surface area contributed by atoms with Crippen LogP contribution < -0.4 is 15.5 Å². The van der Waals surface area contributed by atoms with Gasteiger partial charge in [0.05, 0.1) is 12.2 Å². The third-order valence-electron chi connectivity index (χ3n) is 10.7. The van der Waals surface area contributed by atoms with Gasteiger partial charge in [0, 0.05) is 46.1 Å². The maximum Gasteiger partial charge on any atom is 0.232 e. The second kappa shape index (κ2) is 13.4. The molecule has 5 nitrogen and oxygen atoms in total. The molecule has 2 aliphatic heterocycles. The summed E-state index contributed by atoms with van der Waals surface area (Å²) in [5.41, 5.74) is 19.3. The molecule has 2 heterocycles. The SMILES string of the molecule is N/C(=N\C(=NCc1ccccc1)N1C2=CC=CCC2c2c(C3CC=CC4C=C3N(c3ccccc3)C3=C4C=CCC3)cccc21)c1ccccc1. The highest BCUT2D eigenvalue weighted by Gasteiger charge is 2.42. The average molecular weight is 664 g/mol. The van der Waals surface area contributed by atoms with Gasteiger partial charge in [-0.2, -0.15) is 4.99 Å². The van der Waals surface area contributed by atoms with Crippen LogP contribution in [0.4, 0.5) is 11.4 Å². The predicted octanol–water partition coefficient (Wildman–Crippen LogP) is 10.1. The standard InChI is InChI=1S/C46H41N5/c47-45(33-18-6-2-7-19-33)49-46(48-31-32-16-4-1-5-17-32)51-41-28-13-11-24-39(41)44-38(26-15-29-42(44)51)37-25-14-20-34-30-43(37)50(35-21-8-3-9-22-35)40-27-12-10-23-36(34)40/h1-11,13-23,26,28-30,34,37,39H,12,24-25,27,31H2,(H2,47,48,49). The number of guanidine groups is 1. The first-order valence-corrected chi connectivity index (χ1v) is 18.2. The number of anilines is 2. The Labute approximate surface area is 300 Å². The molecule has 0 aromatic heterocycles. The summed E-state index contributed by atoms with van der Waals surface area (Å²) >= 11 is 0. The Bertz CT molecular complexity index is 2200.